The molecule has 3 aromatic rings. The highest BCUT2D eigenvalue weighted by molar-refractivity contribution is 9.10. The Bertz CT molecular complexity index is 1590. The Morgan fingerprint density at radius 3 is 2.58 bits per heavy atom. The zero-order valence-electron chi connectivity index (χ0n) is 22.1. The molecular weight excluding hydrogens is 602 g/mol. The number of aryl methyl sites for hydroxylation is 2. The van der Waals surface area contributed by atoms with Gasteiger partial charge in [0.25, 0.3) is 17.7 Å². The molecule has 0 aromatic heterocycles. The van der Waals surface area contributed by atoms with Gasteiger partial charge < -0.3 is 14.8 Å². The van der Waals surface area contributed by atoms with E-state index < -0.39 is 17.8 Å². The van der Waals surface area contributed by atoms with Crippen molar-refractivity contribution in [3.05, 3.63) is 85.9 Å². The van der Waals surface area contributed by atoms with Crippen molar-refractivity contribution in [2.24, 2.45) is 0 Å². The lowest BCUT2D eigenvalue weighted by Crippen LogP contribution is -2.54. The number of hydrogen-bond donors (Lipinski definition) is 2. The van der Waals surface area contributed by atoms with Gasteiger partial charge in [-0.3, -0.25) is 19.7 Å². The molecule has 0 saturated carbocycles. The first-order chi connectivity index (χ1) is 19.0. The van der Waals surface area contributed by atoms with Crippen LogP contribution in [0.5, 0.6) is 11.5 Å². The topological polar surface area (TPSA) is 114 Å². The Morgan fingerprint density at radius 2 is 1.85 bits per heavy atom. The number of methoxy groups -OCH3 is 1. The fourth-order valence-corrected chi connectivity index (χ4v) is 4.78. The second-order valence-corrected chi connectivity index (χ2v) is 10.3. The van der Waals surface area contributed by atoms with Gasteiger partial charge in [-0.15, -0.1) is 0 Å². The van der Waals surface area contributed by atoms with Gasteiger partial charge in [-0.25, -0.2) is 9.69 Å². The molecule has 0 bridgehead atoms. The smallest absolute Gasteiger partial charge is 0.335 e. The molecule has 4 rings (SSSR count). The van der Waals surface area contributed by atoms with Crippen molar-refractivity contribution < 1.29 is 28.7 Å². The summed E-state index contributed by atoms with van der Waals surface area (Å²) in [4.78, 5) is 52.0. The van der Waals surface area contributed by atoms with Crippen molar-refractivity contribution >= 4 is 68.7 Å². The number of anilines is 2. The minimum Gasteiger partial charge on any atom is -0.493 e. The van der Waals surface area contributed by atoms with Crippen LogP contribution in [0.4, 0.5) is 16.2 Å². The molecule has 11 heteroatoms. The fraction of sp³-hybridized carbons (Fsp3) is 0.172. The molecular formula is C29H25BrClN3O6. The molecule has 9 nitrogen and oxygen atoms in total. The van der Waals surface area contributed by atoms with Crippen molar-refractivity contribution in [2.75, 3.05) is 23.9 Å². The lowest BCUT2D eigenvalue weighted by atomic mass is 10.1. The molecule has 0 aliphatic carbocycles. The summed E-state index contributed by atoms with van der Waals surface area (Å²) in [5.41, 5.74) is 3.53. The maximum Gasteiger partial charge on any atom is 0.335 e. The lowest BCUT2D eigenvalue weighted by molar-refractivity contribution is -0.122. The number of nitrogens with one attached hydrogen (secondary N) is 2. The van der Waals surface area contributed by atoms with Gasteiger partial charge in [-0.2, -0.15) is 0 Å². The summed E-state index contributed by atoms with van der Waals surface area (Å²) in [7, 11) is 1.42. The number of rotatable bonds is 7. The van der Waals surface area contributed by atoms with E-state index in [-0.39, 0.29) is 35.3 Å². The molecule has 1 heterocycles. The van der Waals surface area contributed by atoms with Crippen LogP contribution in [-0.2, 0) is 14.4 Å². The lowest BCUT2D eigenvalue weighted by Gasteiger charge is -2.27. The highest BCUT2D eigenvalue weighted by Gasteiger charge is 2.37. The Hall–Kier alpha value is -4.15. The number of barbiturate groups is 1. The average Bonchev–Trinajstić information content (AvgIpc) is 2.90. The molecule has 206 valence electrons. The summed E-state index contributed by atoms with van der Waals surface area (Å²) in [5, 5.41) is 5.39. The first kappa shape index (κ1) is 28.8. The molecule has 0 radical (unpaired) electrons. The number of imide groups is 2. The number of halogens is 2. The number of carbonyl (C=O) groups is 4. The van der Waals surface area contributed by atoms with Gasteiger partial charge in [-0.1, -0.05) is 29.8 Å². The first-order valence-corrected chi connectivity index (χ1v) is 13.2. The maximum atomic E-state index is 13.3. The number of amides is 5. The van der Waals surface area contributed by atoms with Crippen molar-refractivity contribution in [3.63, 3.8) is 0 Å². The number of nitrogens with zero attached hydrogens (tertiary/aromatic N) is 1. The van der Waals surface area contributed by atoms with Crippen molar-refractivity contribution in [3.8, 4) is 11.5 Å². The van der Waals surface area contributed by atoms with Crippen LogP contribution < -0.4 is 25.0 Å². The van der Waals surface area contributed by atoms with Crippen LogP contribution in [-0.4, -0.2) is 37.5 Å². The Balaban J connectivity index is 1.58. The summed E-state index contributed by atoms with van der Waals surface area (Å²) >= 11 is 9.60. The zero-order chi connectivity index (χ0) is 29.1. The first-order valence-electron chi connectivity index (χ1n) is 12.0. The fourth-order valence-electron chi connectivity index (χ4n) is 4.04. The Kier molecular flexibility index (Phi) is 8.61. The summed E-state index contributed by atoms with van der Waals surface area (Å²) in [6.45, 7) is 5.20. The van der Waals surface area contributed by atoms with E-state index in [4.69, 9.17) is 21.1 Å². The molecule has 1 saturated heterocycles. The van der Waals surface area contributed by atoms with Crippen molar-refractivity contribution in [1.29, 1.82) is 0 Å². The van der Waals surface area contributed by atoms with E-state index in [0.29, 0.717) is 26.3 Å². The summed E-state index contributed by atoms with van der Waals surface area (Å²) < 4.78 is 11.6. The van der Waals surface area contributed by atoms with E-state index >= 15 is 0 Å². The highest BCUT2D eigenvalue weighted by atomic mass is 79.9. The second-order valence-electron chi connectivity index (χ2n) is 9.03. The molecule has 1 aliphatic heterocycles. The van der Waals surface area contributed by atoms with Crippen LogP contribution in [0.2, 0.25) is 5.02 Å². The minimum atomic E-state index is -0.876. The SMILES string of the molecule is COc1cc(/C=C2/C(=O)NC(=O)N(c3cccc(Cl)c3C)C2=O)cc(Br)c1OCC(=O)Nc1cc(C)ccc1C. The largest absolute Gasteiger partial charge is 0.493 e. The summed E-state index contributed by atoms with van der Waals surface area (Å²) in [6.07, 6.45) is 1.33. The molecule has 40 heavy (non-hydrogen) atoms. The average molecular weight is 627 g/mol. The molecule has 0 atom stereocenters. The van der Waals surface area contributed by atoms with E-state index in [1.165, 1.54) is 13.2 Å². The molecule has 5 amide bonds. The van der Waals surface area contributed by atoms with Gasteiger partial charge in [0.15, 0.2) is 18.1 Å². The number of ether oxygens (including phenoxy) is 2. The van der Waals surface area contributed by atoms with E-state index in [0.717, 1.165) is 16.0 Å². The third kappa shape index (κ3) is 6.03. The highest BCUT2D eigenvalue weighted by Crippen LogP contribution is 2.38. The minimum absolute atomic E-state index is 0.253. The van der Waals surface area contributed by atoms with Crippen LogP contribution in [0.1, 0.15) is 22.3 Å². The van der Waals surface area contributed by atoms with Crippen molar-refractivity contribution in [1.82, 2.24) is 5.32 Å². The third-order valence-corrected chi connectivity index (χ3v) is 7.16. The van der Waals surface area contributed by atoms with Crippen LogP contribution in [0, 0.1) is 20.8 Å². The van der Waals surface area contributed by atoms with E-state index in [1.54, 1.807) is 37.3 Å². The van der Waals surface area contributed by atoms with Crippen molar-refractivity contribution in [2.45, 2.75) is 20.8 Å². The second kappa shape index (κ2) is 11.9. The van der Waals surface area contributed by atoms with Gasteiger partial charge in [0.2, 0.25) is 0 Å². The predicted octanol–water partition coefficient (Wildman–Crippen LogP) is 5.72. The number of urea groups is 1. The van der Waals surface area contributed by atoms with Gasteiger partial charge in [0, 0.05) is 10.7 Å². The molecule has 2 N–H and O–H groups in total. The van der Waals surface area contributed by atoms with Gasteiger partial charge in [0.1, 0.15) is 5.57 Å². The van der Waals surface area contributed by atoms with E-state index in [9.17, 15) is 19.2 Å². The van der Waals surface area contributed by atoms with Crippen LogP contribution >= 0.6 is 27.5 Å². The van der Waals surface area contributed by atoms with Gasteiger partial charge in [0.05, 0.1) is 17.3 Å². The molecule has 1 aliphatic rings. The van der Waals surface area contributed by atoms with E-state index in [2.05, 4.69) is 26.6 Å². The number of benzene rings is 3. The number of hydrogen-bond acceptors (Lipinski definition) is 6. The van der Waals surface area contributed by atoms with Crippen LogP contribution in [0.25, 0.3) is 6.08 Å². The normalized spacial score (nSPS) is 14.3. The number of carbonyl (C=O) groups excluding carboxylic acids is 4. The Labute approximate surface area is 244 Å². The summed E-state index contributed by atoms with van der Waals surface area (Å²) in [5.74, 6) is -1.50. The van der Waals surface area contributed by atoms with Gasteiger partial charge >= 0.3 is 6.03 Å². The van der Waals surface area contributed by atoms with Gasteiger partial charge in [-0.05, 0) is 95.4 Å². The zero-order valence-corrected chi connectivity index (χ0v) is 24.4. The standard InChI is InChI=1S/C29H25BrClN3O6/c1-15-8-9-16(2)22(10-15)32-25(35)14-40-26-20(30)12-18(13-24(26)39-4)11-19-27(36)33-29(38)34(28(19)37)23-7-5-6-21(31)17(23)3/h5-13H,14H2,1-4H3,(H,32,35)(H,33,36,38)/b19-11-. The Morgan fingerprint density at radius 1 is 1.10 bits per heavy atom. The predicted molar refractivity (Wildman–Crippen MR) is 156 cm³/mol. The quantitative estimate of drug-likeness (QED) is 0.256. The molecule has 0 spiro atoms. The van der Waals surface area contributed by atoms with Crippen LogP contribution in [0.15, 0.2) is 58.6 Å². The third-order valence-electron chi connectivity index (χ3n) is 6.16. The monoisotopic (exact) mass is 625 g/mol. The summed E-state index contributed by atoms with van der Waals surface area (Å²) in [6, 6.07) is 12.8. The van der Waals surface area contributed by atoms with Crippen LogP contribution in [0.3, 0.4) is 0 Å². The molecule has 0 unspecified atom stereocenters. The molecule has 1 fully saturated rings. The van der Waals surface area contributed by atoms with E-state index in [1.807, 2.05) is 32.0 Å². The maximum absolute atomic E-state index is 13.3. The molecule has 3 aromatic carbocycles.